The maximum atomic E-state index is 14.8. The number of halogens is 5. The molecule has 93 heavy (non-hydrogen) atoms. The zero-order valence-corrected chi connectivity index (χ0v) is 59.1. The molecule has 0 bridgehead atoms. The van der Waals surface area contributed by atoms with Crippen LogP contribution in [0.2, 0.25) is 0 Å². The summed E-state index contributed by atoms with van der Waals surface area (Å²) in [6.45, 7) is 37.6. The summed E-state index contributed by atoms with van der Waals surface area (Å²) >= 11 is 0. The van der Waals surface area contributed by atoms with Crippen LogP contribution in [0.3, 0.4) is 0 Å². The molecule has 5 unspecified atom stereocenters. The van der Waals surface area contributed by atoms with Gasteiger partial charge in [0, 0.05) is 174 Å². The van der Waals surface area contributed by atoms with Crippen molar-refractivity contribution in [2.24, 2.45) is 28.7 Å². The molecule has 1 saturated carbocycles. The summed E-state index contributed by atoms with van der Waals surface area (Å²) in [6, 6.07) is 11.6. The van der Waals surface area contributed by atoms with Gasteiger partial charge in [0.2, 0.25) is 5.91 Å². The van der Waals surface area contributed by atoms with Crippen LogP contribution in [-0.2, 0) is 28.5 Å². The molecule has 0 radical (unpaired) electrons. The molecule has 4 fully saturated rings. The smallest absolute Gasteiger partial charge is 0.378 e. The summed E-state index contributed by atoms with van der Waals surface area (Å²) in [5.41, 5.74) is 3.58. The number of aliphatic imine (C=N–C) groups is 1. The molecule has 5 aliphatic rings. The van der Waals surface area contributed by atoms with Gasteiger partial charge in [0.15, 0.2) is 0 Å². The Hall–Kier alpha value is -4.89. The summed E-state index contributed by atoms with van der Waals surface area (Å²) < 4.78 is 76.2. The van der Waals surface area contributed by atoms with Crippen LogP contribution in [0.1, 0.15) is 170 Å². The fourth-order valence-electron chi connectivity index (χ4n) is 15.2. The average Bonchev–Trinajstić information content (AvgIpc) is 0.818. The SMILES string of the molecule is CC[C@H](C)[C@H]1C(C)NC2(CCCC2)CNCCN=CC=C(CCc2cc(F)c(C(F)(F)F)c(F)c2)NC=CN(C)C=C(Cc2ccc(C)cc2)N(CC)C=C2CCCN2[C@@H](C)C(C)N[C@@H]([C@@H](C)CC)CN[C@@H](CC(C)C)C(C)NCC2[C@@H](C(=O)N3CCOCC3)C(C)N21. The number of rotatable bonds is 13. The summed E-state index contributed by atoms with van der Waals surface area (Å²) in [6.07, 6.45) is 17.2. The number of nitrogens with one attached hydrogen (secondary N) is 6. The molecule has 19 heteroatoms. The summed E-state index contributed by atoms with van der Waals surface area (Å²) in [7, 11) is 1.99. The third kappa shape index (κ3) is 21.1. The lowest BCUT2D eigenvalue weighted by Crippen LogP contribution is -2.76. The van der Waals surface area contributed by atoms with Crippen LogP contribution in [0.5, 0.6) is 0 Å². The number of alkyl halides is 3. The fourth-order valence-corrected chi connectivity index (χ4v) is 15.2. The number of likely N-dealkylation sites (N-methyl/N-ethyl adjacent to an activating group) is 1. The largest absolute Gasteiger partial charge is 0.422 e. The molecule has 6 N–H and O–H groups in total. The number of hydrogen-bond donors (Lipinski definition) is 6. The van der Waals surface area contributed by atoms with Gasteiger partial charge in [0.1, 0.15) is 17.2 Å². The van der Waals surface area contributed by atoms with Crippen molar-refractivity contribution < 1.29 is 31.5 Å². The van der Waals surface area contributed by atoms with E-state index in [1.807, 2.05) is 30.4 Å². The number of ether oxygens (including phenoxy) is 1. The van der Waals surface area contributed by atoms with Gasteiger partial charge < -0.3 is 56.2 Å². The molecule has 4 heterocycles. The number of aryl methyl sites for hydroxylation is 2. The maximum Gasteiger partial charge on any atom is 0.422 e. The molecule has 3 saturated heterocycles. The van der Waals surface area contributed by atoms with Crippen molar-refractivity contribution in [1.29, 1.82) is 0 Å². The minimum atomic E-state index is -5.15. The highest BCUT2D eigenvalue weighted by Gasteiger charge is 2.55. The highest BCUT2D eigenvalue weighted by molar-refractivity contribution is 5.81. The highest BCUT2D eigenvalue weighted by atomic mass is 19.4. The molecule has 4 aliphatic heterocycles. The van der Waals surface area contributed by atoms with Gasteiger partial charge in [-0.25, -0.2) is 8.78 Å². The zero-order chi connectivity index (χ0) is 67.6. The molecule has 522 valence electrons. The lowest BCUT2D eigenvalue weighted by molar-refractivity contribution is -0.165. The second-order valence-electron chi connectivity index (χ2n) is 28.5. The number of benzene rings is 2. The van der Waals surface area contributed by atoms with Crippen molar-refractivity contribution in [3.05, 3.63) is 118 Å². The van der Waals surface area contributed by atoms with Crippen molar-refractivity contribution in [2.45, 2.75) is 233 Å². The van der Waals surface area contributed by atoms with Crippen LogP contribution in [0.25, 0.3) is 0 Å². The zero-order valence-electron chi connectivity index (χ0n) is 59.1. The minimum absolute atomic E-state index is 0.0126. The topological polar surface area (TPSA) is 127 Å². The van der Waals surface area contributed by atoms with Crippen LogP contribution in [0.4, 0.5) is 22.0 Å². The number of morpholine rings is 1. The van der Waals surface area contributed by atoms with Crippen molar-refractivity contribution in [2.75, 3.05) is 79.2 Å². The van der Waals surface area contributed by atoms with Crippen LogP contribution in [-0.4, -0.2) is 176 Å². The minimum Gasteiger partial charge on any atom is -0.378 e. The molecule has 2 aromatic rings. The molecule has 14 nitrogen and oxygen atoms in total. The van der Waals surface area contributed by atoms with Gasteiger partial charge in [-0.2, -0.15) is 13.2 Å². The van der Waals surface area contributed by atoms with E-state index in [9.17, 15) is 26.7 Å². The van der Waals surface area contributed by atoms with Crippen molar-refractivity contribution in [3.8, 4) is 0 Å². The predicted octanol–water partition coefficient (Wildman–Crippen LogP) is 12.1. The van der Waals surface area contributed by atoms with E-state index >= 15 is 0 Å². The standard InChI is InChI=1S/C74H119F5N12O2/c1-15-52(7)67-45-84-66(41-50(4)5)55(10)83-46-68-69(72(92)89-37-39-93-40-38-89)58(13)91(68)71(53(8)16-2)56(11)86-73(29-18-19-30-73)49-81-33-32-80-31-28-61(27-26-60-43-64(75)70(65(76)44-60)74(77,78)79)82-34-36-87(14)47-63(42-59-24-22-51(6)23-25-59)88(17-3)48-62-21-20-35-90(62)57(12)54(9)85-67/h22-25,28,31,34,36,43-44,47-48,50,52-58,66-69,71,81-86H,15-21,26-27,29-30,32-33,35,37-42,45-46,49H2,1-14H3/t52-,53-,54?,55?,56?,57-,58?,66-,67+,68?,69-,71-/m0/s1. The van der Waals surface area contributed by atoms with E-state index in [0.717, 1.165) is 102 Å². The lowest BCUT2D eigenvalue weighted by Gasteiger charge is -2.60. The first-order valence-electron chi connectivity index (χ1n) is 35.6. The molecule has 7 rings (SSSR count). The number of carbonyl (C=O) groups excluding carboxylic acids is 1. The molecule has 1 spiro atoms. The Kier molecular flexibility index (Phi) is 29.2. The van der Waals surface area contributed by atoms with E-state index in [4.69, 9.17) is 9.73 Å². The predicted molar refractivity (Wildman–Crippen MR) is 370 cm³/mol. The normalized spacial score (nSPS) is 28.4. The first-order valence-corrected chi connectivity index (χ1v) is 35.6. The number of amides is 1. The van der Waals surface area contributed by atoms with Crippen molar-refractivity contribution in [3.63, 3.8) is 0 Å². The number of nitrogens with zero attached hydrogens (tertiary/aromatic N) is 6. The third-order valence-corrected chi connectivity index (χ3v) is 21.2. The van der Waals surface area contributed by atoms with Crippen LogP contribution < -0.4 is 31.9 Å². The van der Waals surface area contributed by atoms with Gasteiger partial charge in [-0.05, 0) is 141 Å². The number of hydrogen-bond acceptors (Lipinski definition) is 13. The Morgan fingerprint density at radius 1 is 0.817 bits per heavy atom. The Balaban J connectivity index is 1.22. The Bertz CT molecular complexity index is 2760. The first-order chi connectivity index (χ1) is 44.4. The summed E-state index contributed by atoms with van der Waals surface area (Å²) in [4.78, 5) is 31.4. The van der Waals surface area contributed by atoms with Gasteiger partial charge in [0.25, 0.3) is 0 Å². The Morgan fingerprint density at radius 2 is 1.51 bits per heavy atom. The van der Waals surface area contributed by atoms with Gasteiger partial charge >= 0.3 is 6.18 Å². The quantitative estimate of drug-likeness (QED) is 0.107. The molecule has 12 atom stereocenters. The van der Waals surface area contributed by atoms with E-state index in [1.54, 1.807) is 6.21 Å². The summed E-state index contributed by atoms with van der Waals surface area (Å²) in [5.74, 6) is -1.88. The van der Waals surface area contributed by atoms with Gasteiger partial charge in [-0.15, -0.1) is 0 Å². The lowest BCUT2D eigenvalue weighted by atomic mass is 9.74. The average molecular weight is 1300 g/mol. The van der Waals surface area contributed by atoms with E-state index in [0.29, 0.717) is 75.8 Å². The van der Waals surface area contributed by atoms with Gasteiger partial charge in [-0.3, -0.25) is 14.7 Å². The molecule has 1 amide bonds. The Labute approximate surface area is 556 Å². The molecular formula is C74H119F5N12O2. The Morgan fingerprint density at radius 3 is 2.15 bits per heavy atom. The number of fused-ring (bicyclic) bond motifs is 2. The second-order valence-corrected chi connectivity index (χ2v) is 28.5. The summed E-state index contributed by atoms with van der Waals surface area (Å²) in [5, 5.41) is 23.9. The maximum absolute atomic E-state index is 14.8. The van der Waals surface area contributed by atoms with Crippen LogP contribution in [0, 0.1) is 42.2 Å². The van der Waals surface area contributed by atoms with Gasteiger partial charge in [-0.1, -0.05) is 97.1 Å². The molecular weight excluding hydrogens is 1180 g/mol. The van der Waals surface area contributed by atoms with Crippen molar-refractivity contribution >= 4 is 12.1 Å². The second kappa shape index (κ2) is 35.9. The van der Waals surface area contributed by atoms with E-state index in [1.165, 1.54) is 16.8 Å². The van der Waals surface area contributed by atoms with E-state index in [2.05, 4.69) is 178 Å². The highest BCUT2D eigenvalue weighted by Crippen LogP contribution is 2.41. The van der Waals surface area contributed by atoms with Crippen LogP contribution >= 0.6 is 0 Å². The third-order valence-electron chi connectivity index (χ3n) is 21.2. The monoisotopic (exact) mass is 1300 g/mol. The number of carbonyl (C=O) groups is 1. The van der Waals surface area contributed by atoms with E-state index < -0.39 is 23.4 Å². The molecule has 1 aliphatic carbocycles. The van der Waals surface area contributed by atoms with Gasteiger partial charge in [0.05, 0.1) is 25.7 Å². The van der Waals surface area contributed by atoms with E-state index in [-0.39, 0.29) is 90.1 Å². The number of allylic oxidation sites excluding steroid dienone is 4. The molecule has 0 aromatic heterocycles. The fraction of sp³-hybridized carbons (Fsp3) is 0.703. The molecule has 2 aromatic carbocycles. The first kappa shape index (κ1) is 75.5. The van der Waals surface area contributed by atoms with Crippen molar-refractivity contribution in [1.82, 2.24) is 56.4 Å². The van der Waals surface area contributed by atoms with Crippen LogP contribution in [0.15, 0.2) is 89.4 Å².